The van der Waals surface area contributed by atoms with Gasteiger partial charge in [0.05, 0.1) is 13.2 Å². The highest BCUT2D eigenvalue weighted by Crippen LogP contribution is 2.28. The Morgan fingerprint density at radius 2 is 1.97 bits per heavy atom. The van der Waals surface area contributed by atoms with E-state index in [1.165, 1.54) is 29.8 Å². The predicted molar refractivity (Wildman–Crippen MR) is 116 cm³/mol. The number of methoxy groups -OCH3 is 1. The third-order valence-electron chi connectivity index (χ3n) is 4.92. The van der Waals surface area contributed by atoms with Crippen molar-refractivity contribution in [2.75, 3.05) is 12.8 Å². The van der Waals surface area contributed by atoms with Crippen molar-refractivity contribution in [3.05, 3.63) is 66.0 Å². The summed E-state index contributed by atoms with van der Waals surface area (Å²) in [7, 11) is 1.38. The third kappa shape index (κ3) is 5.00. The molecule has 0 fully saturated rings. The van der Waals surface area contributed by atoms with Crippen LogP contribution < -0.4 is 20.5 Å². The van der Waals surface area contributed by atoms with Crippen molar-refractivity contribution >= 4 is 17.5 Å². The zero-order valence-electron chi connectivity index (χ0n) is 18.0. The van der Waals surface area contributed by atoms with Crippen LogP contribution in [0.2, 0.25) is 0 Å². The zero-order valence-corrected chi connectivity index (χ0v) is 18.0. The van der Waals surface area contributed by atoms with Gasteiger partial charge in [0.2, 0.25) is 11.8 Å². The molecule has 0 spiro atoms. The van der Waals surface area contributed by atoms with Gasteiger partial charge in [0.15, 0.2) is 5.65 Å². The first-order valence-corrected chi connectivity index (χ1v) is 9.96. The number of anilines is 1. The van der Waals surface area contributed by atoms with Crippen molar-refractivity contribution in [3.63, 3.8) is 0 Å². The quantitative estimate of drug-likeness (QED) is 0.439. The van der Waals surface area contributed by atoms with E-state index in [1.807, 2.05) is 0 Å². The molecule has 4 aromatic rings. The average Bonchev–Trinajstić information content (AvgIpc) is 3.16. The molecule has 0 aliphatic carbocycles. The minimum absolute atomic E-state index is 0.0930. The summed E-state index contributed by atoms with van der Waals surface area (Å²) in [5, 5.41) is 6.77. The van der Waals surface area contributed by atoms with Crippen molar-refractivity contribution in [3.8, 4) is 22.8 Å². The summed E-state index contributed by atoms with van der Waals surface area (Å²) in [5.74, 6) is -0.676. The Bertz CT molecular complexity index is 1360. The summed E-state index contributed by atoms with van der Waals surface area (Å²) in [5.41, 5.74) is 8.05. The number of rotatable bonds is 6. The lowest BCUT2D eigenvalue weighted by molar-refractivity contribution is -0.274. The van der Waals surface area contributed by atoms with Crippen molar-refractivity contribution in [2.24, 2.45) is 0 Å². The van der Waals surface area contributed by atoms with E-state index < -0.39 is 18.3 Å². The van der Waals surface area contributed by atoms with Crippen LogP contribution in [0.25, 0.3) is 16.8 Å². The number of nitrogens with two attached hydrogens (primary N) is 1. The second kappa shape index (κ2) is 8.89. The molecule has 1 amide bonds. The Hall–Kier alpha value is -4.35. The van der Waals surface area contributed by atoms with Crippen LogP contribution in [0.3, 0.4) is 0 Å². The number of fused-ring (bicyclic) bond motifs is 1. The highest BCUT2D eigenvalue weighted by Gasteiger charge is 2.31. The van der Waals surface area contributed by atoms with Crippen LogP contribution in [-0.4, -0.2) is 39.0 Å². The number of halogens is 3. The van der Waals surface area contributed by atoms with E-state index in [1.54, 1.807) is 43.6 Å². The Kier molecular flexibility index (Phi) is 5.97. The molecular weight excluding hydrogens is 453 g/mol. The summed E-state index contributed by atoms with van der Waals surface area (Å²) >= 11 is 0. The number of amides is 1. The maximum atomic E-state index is 13.0. The van der Waals surface area contributed by atoms with Crippen LogP contribution >= 0.6 is 0 Å². The lowest BCUT2D eigenvalue weighted by Crippen LogP contribution is -2.27. The number of alkyl halides is 3. The average molecular weight is 472 g/mol. The van der Waals surface area contributed by atoms with Gasteiger partial charge in [0.1, 0.15) is 11.3 Å². The number of carbonyl (C=O) groups excluding carboxylic acids is 1. The molecular formula is C22H19F3N6O3. The maximum Gasteiger partial charge on any atom is 0.573 e. The fraction of sp³-hybridized carbons (Fsp3) is 0.182. The van der Waals surface area contributed by atoms with Crippen LogP contribution in [0.4, 0.5) is 19.1 Å². The Morgan fingerprint density at radius 1 is 1.18 bits per heavy atom. The first-order valence-electron chi connectivity index (χ1n) is 9.96. The Balaban J connectivity index is 1.59. The molecule has 0 saturated carbocycles. The topological polar surface area (TPSA) is 117 Å². The number of pyridine rings is 2. The van der Waals surface area contributed by atoms with Gasteiger partial charge in [-0.25, -0.2) is 9.50 Å². The van der Waals surface area contributed by atoms with Crippen LogP contribution in [0.15, 0.2) is 54.9 Å². The molecule has 3 aromatic heterocycles. The molecule has 0 radical (unpaired) electrons. The molecule has 0 bridgehead atoms. The minimum atomic E-state index is -4.81. The third-order valence-corrected chi connectivity index (χ3v) is 4.92. The van der Waals surface area contributed by atoms with Crippen molar-refractivity contribution in [1.29, 1.82) is 0 Å². The zero-order chi connectivity index (χ0) is 24.5. The largest absolute Gasteiger partial charge is 0.573 e. The van der Waals surface area contributed by atoms with Crippen molar-refractivity contribution in [2.45, 2.75) is 19.3 Å². The summed E-state index contributed by atoms with van der Waals surface area (Å²) < 4.78 is 48.3. The molecule has 1 unspecified atom stereocenters. The molecule has 1 atom stereocenters. The highest BCUT2D eigenvalue weighted by atomic mass is 19.4. The smallest absolute Gasteiger partial charge is 0.480 e. The fourth-order valence-corrected chi connectivity index (χ4v) is 3.35. The summed E-state index contributed by atoms with van der Waals surface area (Å²) in [6.07, 6.45) is -1.59. The fourth-order valence-electron chi connectivity index (χ4n) is 3.35. The number of nitrogens with one attached hydrogen (secondary N) is 1. The van der Waals surface area contributed by atoms with E-state index in [9.17, 15) is 18.0 Å². The van der Waals surface area contributed by atoms with Crippen LogP contribution in [0.1, 0.15) is 28.9 Å². The molecule has 9 nitrogen and oxygen atoms in total. The van der Waals surface area contributed by atoms with E-state index in [4.69, 9.17) is 10.5 Å². The lowest BCUT2D eigenvalue weighted by Gasteiger charge is -2.17. The summed E-state index contributed by atoms with van der Waals surface area (Å²) in [6.45, 7) is 1.64. The van der Waals surface area contributed by atoms with Gasteiger partial charge in [0.25, 0.3) is 5.91 Å². The first kappa shape index (κ1) is 22.8. The van der Waals surface area contributed by atoms with E-state index in [0.717, 1.165) is 0 Å². The number of hydrogen-bond acceptors (Lipinski definition) is 7. The van der Waals surface area contributed by atoms with Crippen LogP contribution in [0, 0.1) is 0 Å². The van der Waals surface area contributed by atoms with Gasteiger partial charge in [-0.15, -0.1) is 18.3 Å². The molecule has 0 saturated heterocycles. The van der Waals surface area contributed by atoms with Crippen LogP contribution in [0.5, 0.6) is 11.6 Å². The van der Waals surface area contributed by atoms with Crippen molar-refractivity contribution < 1.29 is 27.4 Å². The molecule has 4 rings (SSSR count). The summed E-state index contributed by atoms with van der Waals surface area (Å²) in [4.78, 5) is 21.4. The second-order valence-corrected chi connectivity index (χ2v) is 7.28. The van der Waals surface area contributed by atoms with E-state index in [0.29, 0.717) is 22.3 Å². The molecule has 0 aliphatic heterocycles. The van der Waals surface area contributed by atoms with Gasteiger partial charge in [-0.1, -0.05) is 12.1 Å². The Morgan fingerprint density at radius 3 is 2.71 bits per heavy atom. The summed E-state index contributed by atoms with van der Waals surface area (Å²) in [6, 6.07) is 9.86. The lowest BCUT2D eigenvalue weighted by atomic mass is 10.1. The van der Waals surface area contributed by atoms with Gasteiger partial charge in [-0.05, 0) is 48.4 Å². The monoisotopic (exact) mass is 472 g/mol. The molecule has 176 valence electrons. The van der Waals surface area contributed by atoms with Gasteiger partial charge in [-0.3, -0.25) is 4.79 Å². The standard InChI is InChI=1S/C22H19F3N6O3/c1-12(13-4-3-5-16(8-13)34-22(23,24)25)28-19(32)17-9-15(11-27-20(17)33-2)14-6-7-31-18(10-14)29-21(26)30-31/h3-12H,1-2H3,(H2,26,30)(H,28,32). The van der Waals surface area contributed by atoms with Gasteiger partial charge < -0.3 is 20.5 Å². The molecule has 1 aromatic carbocycles. The number of ether oxygens (including phenoxy) is 2. The Labute approximate surface area is 191 Å². The highest BCUT2D eigenvalue weighted by molar-refractivity contribution is 5.97. The van der Waals surface area contributed by atoms with Crippen LogP contribution in [-0.2, 0) is 0 Å². The number of aromatic nitrogens is 4. The number of benzene rings is 1. The van der Waals surface area contributed by atoms with Gasteiger partial charge in [0, 0.05) is 18.0 Å². The predicted octanol–water partition coefficient (Wildman–Crippen LogP) is 3.77. The van der Waals surface area contributed by atoms with Crippen molar-refractivity contribution in [1.82, 2.24) is 24.9 Å². The SMILES string of the molecule is COc1ncc(-c2ccn3nc(N)nc3c2)cc1C(=O)NC(C)c1cccc(OC(F)(F)F)c1. The number of nitrogen functional groups attached to an aromatic ring is 1. The maximum absolute atomic E-state index is 13.0. The number of nitrogens with zero attached hydrogens (tertiary/aromatic N) is 4. The molecule has 0 aliphatic rings. The van der Waals surface area contributed by atoms with E-state index in [2.05, 4.69) is 25.1 Å². The van der Waals surface area contributed by atoms with Gasteiger partial charge >= 0.3 is 6.36 Å². The van der Waals surface area contributed by atoms with E-state index >= 15 is 0 Å². The number of carbonyl (C=O) groups is 1. The van der Waals surface area contributed by atoms with Gasteiger partial charge in [-0.2, -0.15) is 4.98 Å². The molecule has 3 heterocycles. The molecule has 12 heteroatoms. The normalized spacial score (nSPS) is 12.4. The first-order chi connectivity index (χ1) is 16.1. The second-order valence-electron chi connectivity index (χ2n) is 7.28. The molecule has 3 N–H and O–H groups in total. The number of hydrogen-bond donors (Lipinski definition) is 2. The minimum Gasteiger partial charge on any atom is -0.480 e. The van der Waals surface area contributed by atoms with E-state index in [-0.39, 0.29) is 23.1 Å². The molecule has 34 heavy (non-hydrogen) atoms.